The molecular formula is C23H24ClFN2O5. The van der Waals surface area contributed by atoms with Crippen LogP contribution < -0.4 is 5.43 Å². The molecule has 2 heterocycles. The van der Waals surface area contributed by atoms with Crippen LogP contribution in [-0.4, -0.2) is 53.1 Å². The molecule has 0 saturated heterocycles. The number of carbonyl (C=O) groups excluding carboxylic acids is 2. The van der Waals surface area contributed by atoms with Gasteiger partial charge in [0.15, 0.2) is 17.2 Å². The second-order valence-corrected chi connectivity index (χ2v) is 8.76. The van der Waals surface area contributed by atoms with Crippen molar-refractivity contribution in [1.29, 1.82) is 0 Å². The van der Waals surface area contributed by atoms with E-state index in [9.17, 15) is 23.9 Å². The Morgan fingerprint density at radius 3 is 2.81 bits per heavy atom. The fourth-order valence-electron chi connectivity index (χ4n) is 4.64. The van der Waals surface area contributed by atoms with Crippen LogP contribution in [0.2, 0.25) is 5.02 Å². The molecule has 1 N–H and O–H groups in total. The summed E-state index contributed by atoms with van der Waals surface area (Å²) in [6, 6.07) is 4.53. The summed E-state index contributed by atoms with van der Waals surface area (Å²) < 4.78 is 21.0. The van der Waals surface area contributed by atoms with E-state index < -0.39 is 34.2 Å². The first-order valence-electron chi connectivity index (χ1n) is 10.5. The van der Waals surface area contributed by atoms with Gasteiger partial charge in [-0.3, -0.25) is 14.4 Å². The summed E-state index contributed by atoms with van der Waals surface area (Å²) in [5, 5.41) is 10.6. The highest BCUT2D eigenvalue weighted by Gasteiger charge is 2.60. The number of aromatic nitrogens is 1. The van der Waals surface area contributed by atoms with E-state index in [1.807, 2.05) is 6.92 Å². The zero-order chi connectivity index (χ0) is 23.2. The van der Waals surface area contributed by atoms with Crippen LogP contribution >= 0.6 is 11.6 Å². The molecule has 1 aliphatic heterocycles. The Kier molecular flexibility index (Phi) is 5.85. The summed E-state index contributed by atoms with van der Waals surface area (Å²) in [6.45, 7) is 3.12. The fraction of sp³-hybridized carbons (Fsp3) is 0.435. The number of aromatic hydroxyl groups is 1. The first-order chi connectivity index (χ1) is 15.2. The standard InChI is InChI=1S/C23H24ClFN2O5/c1-3-26-12-23(9-14(23)11-32-2)27-10-15(20(29)21(30)19(27)22(26)31)17(28)8-7-13-5-4-6-16(24)18(13)25/h4-6,10,14,30H,3,7-9,11-12H2,1-2H3/t14-,23-/m1/s1. The number of pyridine rings is 1. The van der Waals surface area contributed by atoms with Crippen LogP contribution in [-0.2, 0) is 16.7 Å². The normalized spacial score (nSPS) is 21.7. The number of amides is 1. The van der Waals surface area contributed by atoms with Gasteiger partial charge in [-0.2, -0.15) is 0 Å². The molecule has 4 rings (SSSR count). The van der Waals surface area contributed by atoms with E-state index in [0.717, 1.165) is 0 Å². The second kappa shape index (κ2) is 8.33. The van der Waals surface area contributed by atoms with Gasteiger partial charge in [-0.15, -0.1) is 0 Å². The summed E-state index contributed by atoms with van der Waals surface area (Å²) in [4.78, 5) is 40.2. The molecule has 1 saturated carbocycles. The summed E-state index contributed by atoms with van der Waals surface area (Å²) in [5.41, 5.74) is -1.47. The monoisotopic (exact) mass is 462 g/mol. The Hall–Kier alpha value is -2.71. The van der Waals surface area contributed by atoms with E-state index in [4.69, 9.17) is 16.3 Å². The van der Waals surface area contributed by atoms with Crippen molar-refractivity contribution in [2.45, 2.75) is 31.7 Å². The molecule has 1 aromatic carbocycles. The predicted molar refractivity (Wildman–Crippen MR) is 116 cm³/mol. The van der Waals surface area contributed by atoms with Gasteiger partial charge in [0.05, 0.1) is 22.7 Å². The number of hydrogen-bond donors (Lipinski definition) is 1. The van der Waals surface area contributed by atoms with Crippen molar-refractivity contribution in [3.05, 3.63) is 62.3 Å². The van der Waals surface area contributed by atoms with Crippen LogP contribution in [0.25, 0.3) is 0 Å². The molecule has 9 heteroatoms. The Bertz CT molecular complexity index is 1160. The molecule has 32 heavy (non-hydrogen) atoms. The minimum absolute atomic E-state index is 0.0414. The highest BCUT2D eigenvalue weighted by atomic mass is 35.5. The maximum absolute atomic E-state index is 14.2. The molecule has 7 nitrogen and oxygen atoms in total. The van der Waals surface area contributed by atoms with Crippen molar-refractivity contribution in [2.24, 2.45) is 5.92 Å². The van der Waals surface area contributed by atoms with Gasteiger partial charge in [-0.05, 0) is 31.4 Å². The maximum Gasteiger partial charge on any atom is 0.274 e. The van der Waals surface area contributed by atoms with Crippen molar-refractivity contribution in [1.82, 2.24) is 9.47 Å². The lowest BCUT2D eigenvalue weighted by Gasteiger charge is -2.37. The van der Waals surface area contributed by atoms with Gasteiger partial charge in [0.1, 0.15) is 5.82 Å². The summed E-state index contributed by atoms with van der Waals surface area (Å²) in [6.07, 6.45) is 1.98. The minimum Gasteiger partial charge on any atom is -0.503 e. The lowest BCUT2D eigenvalue weighted by atomic mass is 10.00. The number of nitrogens with zero attached hydrogens (tertiary/aromatic N) is 2. The number of fused-ring (bicyclic) bond motifs is 2. The maximum atomic E-state index is 14.2. The first-order valence-corrected chi connectivity index (χ1v) is 10.9. The number of aryl methyl sites for hydroxylation is 1. The van der Waals surface area contributed by atoms with Gasteiger partial charge in [0, 0.05) is 38.7 Å². The van der Waals surface area contributed by atoms with E-state index in [2.05, 4.69) is 0 Å². The van der Waals surface area contributed by atoms with Crippen LogP contribution in [0.5, 0.6) is 5.75 Å². The average Bonchev–Trinajstić information content (AvgIpc) is 3.46. The molecule has 1 fully saturated rings. The van der Waals surface area contributed by atoms with E-state index in [-0.39, 0.29) is 40.6 Å². The first kappa shape index (κ1) is 22.5. The highest BCUT2D eigenvalue weighted by Crippen LogP contribution is 2.54. The zero-order valence-electron chi connectivity index (χ0n) is 17.9. The average molecular weight is 463 g/mol. The largest absolute Gasteiger partial charge is 0.503 e. The molecule has 0 radical (unpaired) electrons. The zero-order valence-corrected chi connectivity index (χ0v) is 18.6. The SMILES string of the molecule is CCN1C[C@@]2(C[C@@H]2COC)n2cc(C(=O)CCc3cccc(Cl)c3F)c(=O)c(O)c2C1=O. The molecule has 1 spiro atoms. The predicted octanol–water partition coefficient (Wildman–Crippen LogP) is 3.00. The summed E-state index contributed by atoms with van der Waals surface area (Å²) >= 11 is 5.79. The van der Waals surface area contributed by atoms with E-state index >= 15 is 0 Å². The third-order valence-electron chi connectivity index (χ3n) is 6.52. The minimum atomic E-state index is -0.891. The van der Waals surface area contributed by atoms with Crippen LogP contribution in [0.15, 0.2) is 29.2 Å². The highest BCUT2D eigenvalue weighted by molar-refractivity contribution is 6.30. The molecular weight excluding hydrogens is 439 g/mol. The van der Waals surface area contributed by atoms with Crippen molar-refractivity contribution < 1.29 is 23.8 Å². The van der Waals surface area contributed by atoms with Gasteiger partial charge in [0.2, 0.25) is 5.43 Å². The Morgan fingerprint density at radius 1 is 1.38 bits per heavy atom. The van der Waals surface area contributed by atoms with E-state index in [1.54, 1.807) is 22.6 Å². The Labute approximate surface area is 189 Å². The quantitative estimate of drug-likeness (QED) is 0.639. The fourth-order valence-corrected chi connectivity index (χ4v) is 4.83. The number of ether oxygens (including phenoxy) is 1. The molecule has 2 atom stereocenters. The summed E-state index contributed by atoms with van der Waals surface area (Å²) in [5.74, 6) is -2.23. The number of ketones is 1. The van der Waals surface area contributed by atoms with Gasteiger partial charge in [-0.1, -0.05) is 23.7 Å². The molecule has 170 valence electrons. The number of benzene rings is 1. The van der Waals surface area contributed by atoms with Gasteiger partial charge >= 0.3 is 0 Å². The molecule has 1 aromatic heterocycles. The number of halogens is 2. The lowest BCUT2D eigenvalue weighted by molar-refractivity contribution is 0.0622. The van der Waals surface area contributed by atoms with Gasteiger partial charge < -0.3 is 19.3 Å². The number of likely N-dealkylation sites (N-methyl/N-ethyl adjacent to an activating group) is 1. The second-order valence-electron chi connectivity index (χ2n) is 8.35. The van der Waals surface area contributed by atoms with Crippen molar-refractivity contribution >= 4 is 23.3 Å². The van der Waals surface area contributed by atoms with Crippen LogP contribution in [0.1, 0.15) is 46.2 Å². The number of rotatable bonds is 7. The van der Waals surface area contributed by atoms with E-state index in [0.29, 0.717) is 26.1 Å². The molecule has 0 unspecified atom stereocenters. The van der Waals surface area contributed by atoms with E-state index in [1.165, 1.54) is 18.3 Å². The summed E-state index contributed by atoms with van der Waals surface area (Å²) in [7, 11) is 1.59. The van der Waals surface area contributed by atoms with Crippen molar-refractivity contribution in [3.8, 4) is 5.75 Å². The van der Waals surface area contributed by atoms with Crippen LogP contribution in [0.3, 0.4) is 0 Å². The number of hydrogen-bond acceptors (Lipinski definition) is 5. The molecule has 1 aliphatic carbocycles. The van der Waals surface area contributed by atoms with Crippen LogP contribution in [0.4, 0.5) is 4.39 Å². The number of methoxy groups -OCH3 is 1. The smallest absolute Gasteiger partial charge is 0.274 e. The molecule has 2 aliphatic rings. The van der Waals surface area contributed by atoms with Crippen molar-refractivity contribution in [3.63, 3.8) is 0 Å². The lowest BCUT2D eigenvalue weighted by Crippen LogP contribution is -2.49. The Morgan fingerprint density at radius 2 is 2.12 bits per heavy atom. The van der Waals surface area contributed by atoms with Gasteiger partial charge in [0.25, 0.3) is 5.91 Å². The third kappa shape index (κ3) is 3.51. The number of carbonyl (C=O) groups is 2. The molecule has 1 amide bonds. The molecule has 2 aromatic rings. The topological polar surface area (TPSA) is 88.8 Å². The Balaban J connectivity index is 1.71. The third-order valence-corrected chi connectivity index (χ3v) is 6.81. The van der Waals surface area contributed by atoms with Gasteiger partial charge in [-0.25, -0.2) is 4.39 Å². The molecule has 0 bridgehead atoms. The van der Waals surface area contributed by atoms with Crippen LogP contribution in [0, 0.1) is 11.7 Å². The number of Topliss-reactive ketones (excluding diaryl/α,β-unsaturated/α-hetero) is 1. The van der Waals surface area contributed by atoms with Crippen molar-refractivity contribution in [2.75, 3.05) is 26.8 Å².